The predicted molar refractivity (Wildman–Crippen MR) is 158 cm³/mol. The van der Waals surface area contributed by atoms with E-state index in [1.807, 2.05) is 26.0 Å². The van der Waals surface area contributed by atoms with Gasteiger partial charge in [0, 0.05) is 30.9 Å². The van der Waals surface area contributed by atoms with Gasteiger partial charge in [-0.3, -0.25) is 0 Å². The first-order valence-corrected chi connectivity index (χ1v) is 15.7. The van der Waals surface area contributed by atoms with Crippen LogP contribution in [0.5, 0.6) is 5.88 Å². The second-order valence-corrected chi connectivity index (χ2v) is 13.5. The predicted octanol–water partition coefficient (Wildman–Crippen LogP) is 4.89. The second kappa shape index (κ2) is 12.1. The van der Waals surface area contributed by atoms with Crippen LogP contribution >= 0.6 is 0 Å². The first-order chi connectivity index (χ1) is 19.9. The molecule has 0 amide bonds. The number of aliphatic hydroxyl groups excluding tert-OH is 1. The number of anilines is 2. The standard InChI is InChI=1S/C32H45N7O2/c1-20(2)41-30-23(4-3-9-34-30)17-36-31-37-18-26(15-33)29(39-31)38-19-32-12-22-10-24(13-32)28(25(11-22)14-32)35-16-21-5-7-27(40)8-6-21/h3-4,9,18,20-22,24-25,27-28,35,40H,5-8,10-14,16-17,19H2,1-2H3,(H2,36,37,38,39). The number of hydrogen-bond acceptors (Lipinski definition) is 9. The van der Waals surface area contributed by atoms with Gasteiger partial charge in [0.1, 0.15) is 17.5 Å². The van der Waals surface area contributed by atoms with Gasteiger partial charge in [0.2, 0.25) is 11.8 Å². The molecule has 2 heterocycles. The molecular weight excluding hydrogens is 514 g/mol. The summed E-state index contributed by atoms with van der Waals surface area (Å²) >= 11 is 0. The third-order valence-electron chi connectivity index (χ3n) is 10.0. The number of pyridine rings is 1. The molecule has 0 aliphatic heterocycles. The summed E-state index contributed by atoms with van der Waals surface area (Å²) in [7, 11) is 0. The highest BCUT2D eigenvalue weighted by atomic mass is 16.5. The van der Waals surface area contributed by atoms with Crippen molar-refractivity contribution in [2.24, 2.45) is 29.1 Å². The highest BCUT2D eigenvalue weighted by Gasteiger charge is 2.55. The van der Waals surface area contributed by atoms with Crippen LogP contribution in [0.25, 0.3) is 0 Å². The third kappa shape index (κ3) is 6.44. The molecular formula is C32H45N7O2. The fourth-order valence-corrected chi connectivity index (χ4v) is 8.41. The molecule has 0 spiro atoms. The molecule has 5 aliphatic rings. The van der Waals surface area contributed by atoms with Crippen molar-refractivity contribution >= 4 is 11.8 Å². The van der Waals surface area contributed by atoms with Gasteiger partial charge in [0.25, 0.3) is 0 Å². The number of nitrogens with zero attached hydrogens (tertiary/aromatic N) is 4. The van der Waals surface area contributed by atoms with Crippen LogP contribution in [0.1, 0.15) is 82.8 Å². The monoisotopic (exact) mass is 559 g/mol. The summed E-state index contributed by atoms with van der Waals surface area (Å²) in [4.78, 5) is 13.5. The van der Waals surface area contributed by atoms with Gasteiger partial charge in [-0.25, -0.2) is 9.97 Å². The summed E-state index contributed by atoms with van der Waals surface area (Å²) < 4.78 is 5.85. The van der Waals surface area contributed by atoms with E-state index in [4.69, 9.17) is 9.72 Å². The van der Waals surface area contributed by atoms with Gasteiger partial charge in [-0.2, -0.15) is 10.2 Å². The van der Waals surface area contributed by atoms with E-state index in [1.54, 1.807) is 12.4 Å². The van der Waals surface area contributed by atoms with Crippen molar-refractivity contribution in [1.82, 2.24) is 20.3 Å². The lowest BCUT2D eigenvalue weighted by Gasteiger charge is -2.60. The number of aromatic nitrogens is 3. The maximum atomic E-state index is 9.87. The quantitative estimate of drug-likeness (QED) is 0.304. The number of hydrogen-bond donors (Lipinski definition) is 4. The highest BCUT2D eigenvalue weighted by molar-refractivity contribution is 5.53. The van der Waals surface area contributed by atoms with E-state index in [2.05, 4.69) is 32.0 Å². The molecule has 7 rings (SSSR count). The van der Waals surface area contributed by atoms with Gasteiger partial charge in [-0.05, 0) is 113 Å². The minimum Gasteiger partial charge on any atom is -0.475 e. The molecule has 9 nitrogen and oxygen atoms in total. The summed E-state index contributed by atoms with van der Waals surface area (Å²) in [5, 5.41) is 30.6. The molecule has 5 fully saturated rings. The largest absolute Gasteiger partial charge is 0.475 e. The van der Waals surface area contributed by atoms with Crippen molar-refractivity contribution in [1.29, 1.82) is 5.26 Å². The van der Waals surface area contributed by atoms with E-state index in [0.717, 1.165) is 62.1 Å². The molecule has 9 heteroatoms. The average molecular weight is 560 g/mol. The SMILES string of the molecule is CC(C)Oc1ncccc1CNc1ncc(C#N)c(NCC23CC4CC(C2)C(NCC2CCC(O)CC2)C(C4)C3)n1. The van der Waals surface area contributed by atoms with E-state index >= 15 is 0 Å². The van der Waals surface area contributed by atoms with Crippen molar-refractivity contribution in [2.75, 3.05) is 23.7 Å². The Kier molecular flexibility index (Phi) is 8.32. The minimum atomic E-state index is -0.0820. The lowest BCUT2D eigenvalue weighted by atomic mass is 9.48. The molecule has 5 aliphatic carbocycles. The fourth-order valence-electron chi connectivity index (χ4n) is 8.41. The van der Waals surface area contributed by atoms with Crippen molar-refractivity contribution in [3.05, 3.63) is 35.7 Å². The number of rotatable bonds is 11. The highest BCUT2D eigenvalue weighted by Crippen LogP contribution is 2.60. The second-order valence-electron chi connectivity index (χ2n) is 13.5. The fraction of sp³-hybridized carbons (Fsp3) is 0.688. The average Bonchev–Trinajstić information content (AvgIpc) is 2.96. The first-order valence-electron chi connectivity index (χ1n) is 15.7. The third-order valence-corrected chi connectivity index (χ3v) is 10.0. The Bertz CT molecular complexity index is 1220. The smallest absolute Gasteiger partial charge is 0.224 e. The maximum Gasteiger partial charge on any atom is 0.224 e. The molecule has 4 N–H and O–H groups in total. The van der Waals surface area contributed by atoms with Crippen molar-refractivity contribution in [3.63, 3.8) is 0 Å². The molecule has 0 saturated heterocycles. The van der Waals surface area contributed by atoms with Crippen LogP contribution in [0.2, 0.25) is 0 Å². The van der Waals surface area contributed by atoms with Crippen LogP contribution in [0.3, 0.4) is 0 Å². The van der Waals surface area contributed by atoms with Crippen LogP contribution < -0.4 is 20.7 Å². The molecule has 2 unspecified atom stereocenters. The van der Waals surface area contributed by atoms with E-state index in [9.17, 15) is 10.4 Å². The van der Waals surface area contributed by atoms with Gasteiger partial charge >= 0.3 is 0 Å². The zero-order valence-corrected chi connectivity index (χ0v) is 24.5. The topological polar surface area (TPSA) is 128 Å². The van der Waals surface area contributed by atoms with Gasteiger partial charge in [-0.1, -0.05) is 6.07 Å². The Balaban J connectivity index is 1.08. The summed E-state index contributed by atoms with van der Waals surface area (Å²) in [5.41, 5.74) is 1.68. The zero-order valence-electron chi connectivity index (χ0n) is 24.5. The Morgan fingerprint density at radius 2 is 1.88 bits per heavy atom. The van der Waals surface area contributed by atoms with E-state index < -0.39 is 0 Å². The Hall–Kier alpha value is -2.96. The number of ether oxygens (including phenoxy) is 1. The minimum absolute atomic E-state index is 0.0353. The molecule has 2 aromatic heterocycles. The lowest BCUT2D eigenvalue weighted by Crippen LogP contribution is -2.60. The number of nitriles is 1. The summed E-state index contributed by atoms with van der Waals surface area (Å²) in [6.07, 6.45) is 14.0. The Morgan fingerprint density at radius 1 is 1.10 bits per heavy atom. The first kappa shape index (κ1) is 28.2. The summed E-state index contributed by atoms with van der Waals surface area (Å²) in [6.45, 7) is 6.40. The van der Waals surface area contributed by atoms with Crippen LogP contribution in [0, 0.1) is 40.4 Å². The molecule has 2 atom stereocenters. The van der Waals surface area contributed by atoms with Crippen LogP contribution in [0.4, 0.5) is 11.8 Å². The van der Waals surface area contributed by atoms with Crippen LogP contribution in [-0.2, 0) is 6.54 Å². The lowest BCUT2D eigenvalue weighted by molar-refractivity contribution is -0.0705. The number of aliphatic hydroxyl groups is 1. The van der Waals surface area contributed by atoms with Gasteiger partial charge < -0.3 is 25.8 Å². The molecule has 41 heavy (non-hydrogen) atoms. The molecule has 5 saturated carbocycles. The molecule has 0 radical (unpaired) electrons. The van der Waals surface area contributed by atoms with Crippen molar-refractivity contribution < 1.29 is 9.84 Å². The van der Waals surface area contributed by atoms with Crippen LogP contribution in [0.15, 0.2) is 24.5 Å². The van der Waals surface area contributed by atoms with Gasteiger partial charge in [-0.15, -0.1) is 0 Å². The van der Waals surface area contributed by atoms with Crippen LogP contribution in [-0.4, -0.2) is 51.4 Å². The van der Waals surface area contributed by atoms with Crippen molar-refractivity contribution in [3.8, 4) is 11.9 Å². The summed E-state index contributed by atoms with van der Waals surface area (Å²) in [6, 6.07) is 6.78. The Labute approximate surface area is 243 Å². The molecule has 2 aromatic rings. The van der Waals surface area contributed by atoms with E-state index in [1.165, 1.54) is 32.1 Å². The number of nitrogens with one attached hydrogen (secondary N) is 3. The molecule has 220 valence electrons. The van der Waals surface area contributed by atoms with Crippen molar-refractivity contribution in [2.45, 2.75) is 96.4 Å². The maximum absolute atomic E-state index is 9.87. The zero-order chi connectivity index (χ0) is 28.4. The molecule has 0 aromatic carbocycles. The normalized spacial score (nSPS) is 32.1. The van der Waals surface area contributed by atoms with Gasteiger partial charge in [0.05, 0.1) is 18.4 Å². The van der Waals surface area contributed by atoms with E-state index in [-0.39, 0.29) is 17.6 Å². The van der Waals surface area contributed by atoms with Gasteiger partial charge in [0.15, 0.2) is 0 Å². The molecule has 4 bridgehead atoms. The van der Waals surface area contributed by atoms with E-state index in [0.29, 0.717) is 41.7 Å². The summed E-state index contributed by atoms with van der Waals surface area (Å²) in [5.74, 6) is 4.69. The Morgan fingerprint density at radius 3 is 2.61 bits per heavy atom.